The van der Waals surface area contributed by atoms with E-state index in [0.29, 0.717) is 0 Å². The minimum absolute atomic E-state index is 0.0905. The number of thiazole rings is 1. The van der Waals surface area contributed by atoms with Crippen LogP contribution >= 0.6 is 11.3 Å². The number of anilines is 1. The summed E-state index contributed by atoms with van der Waals surface area (Å²) in [7, 11) is 0. The fraction of sp³-hybridized carbons (Fsp3) is 0.500. The Hall–Kier alpha value is -1.92. The van der Waals surface area contributed by atoms with Gasteiger partial charge in [-0.05, 0) is 18.9 Å². The number of amides is 1. The topological polar surface area (TPSA) is 48.5 Å². The molecule has 0 bridgehead atoms. The van der Waals surface area contributed by atoms with E-state index < -0.39 is 0 Å². The molecule has 0 saturated carbocycles. The lowest BCUT2D eigenvalue weighted by atomic mass is 10.0. The van der Waals surface area contributed by atoms with E-state index in [1.807, 2.05) is 36.7 Å². The first-order chi connectivity index (χ1) is 12.7. The van der Waals surface area contributed by atoms with Gasteiger partial charge in [0.2, 0.25) is 5.91 Å². The summed E-state index contributed by atoms with van der Waals surface area (Å²) < 4.78 is 0. The van der Waals surface area contributed by atoms with Gasteiger partial charge in [-0.2, -0.15) is 0 Å². The van der Waals surface area contributed by atoms with Gasteiger partial charge in [0.15, 0.2) is 5.13 Å². The number of piperazine rings is 1. The number of benzene rings is 1. The number of rotatable bonds is 7. The van der Waals surface area contributed by atoms with Gasteiger partial charge in [0.25, 0.3) is 0 Å². The molecular formula is C20H28N4OS. The molecule has 1 fully saturated rings. The number of carbonyl (C=O) groups is 1. The lowest BCUT2D eigenvalue weighted by Crippen LogP contribution is -2.54. The Morgan fingerprint density at radius 3 is 2.58 bits per heavy atom. The fourth-order valence-electron chi connectivity index (χ4n) is 3.43. The molecule has 140 valence electrons. The van der Waals surface area contributed by atoms with Gasteiger partial charge in [-0.15, -0.1) is 11.3 Å². The highest BCUT2D eigenvalue weighted by molar-refractivity contribution is 7.13. The first-order valence-electron chi connectivity index (χ1n) is 9.43. The van der Waals surface area contributed by atoms with Gasteiger partial charge in [-0.25, -0.2) is 4.98 Å². The van der Waals surface area contributed by atoms with E-state index in [-0.39, 0.29) is 18.0 Å². The van der Waals surface area contributed by atoms with Gasteiger partial charge < -0.3 is 10.2 Å². The molecule has 1 aliphatic rings. The predicted octanol–water partition coefficient (Wildman–Crippen LogP) is 3.31. The molecule has 1 amide bonds. The summed E-state index contributed by atoms with van der Waals surface area (Å²) in [6, 6.07) is 10.2. The molecule has 0 radical (unpaired) electrons. The van der Waals surface area contributed by atoms with Crippen molar-refractivity contribution in [3.05, 3.63) is 47.5 Å². The summed E-state index contributed by atoms with van der Waals surface area (Å²) in [5.41, 5.74) is 1.18. The van der Waals surface area contributed by atoms with Crippen LogP contribution in [0.1, 0.15) is 38.3 Å². The van der Waals surface area contributed by atoms with Crippen LogP contribution < -0.4 is 10.2 Å². The van der Waals surface area contributed by atoms with Gasteiger partial charge >= 0.3 is 0 Å². The maximum atomic E-state index is 12.8. The number of nitrogens with zero attached hydrogens (tertiary/aromatic N) is 3. The maximum absolute atomic E-state index is 12.8. The average Bonchev–Trinajstić information content (AvgIpc) is 3.22. The van der Waals surface area contributed by atoms with Crippen molar-refractivity contribution in [2.24, 2.45) is 0 Å². The molecule has 1 N–H and O–H groups in total. The van der Waals surface area contributed by atoms with Gasteiger partial charge in [-0.3, -0.25) is 9.69 Å². The van der Waals surface area contributed by atoms with Crippen LogP contribution in [-0.2, 0) is 4.79 Å². The number of carbonyl (C=O) groups excluding carboxylic acids is 1. The average molecular weight is 373 g/mol. The van der Waals surface area contributed by atoms with Crippen molar-refractivity contribution in [3.63, 3.8) is 0 Å². The smallest absolute Gasteiger partial charge is 0.237 e. The Labute approximate surface area is 160 Å². The van der Waals surface area contributed by atoms with E-state index in [4.69, 9.17) is 0 Å². The van der Waals surface area contributed by atoms with Crippen LogP contribution in [-0.4, -0.2) is 48.0 Å². The Morgan fingerprint density at radius 2 is 1.96 bits per heavy atom. The second-order valence-corrected chi connectivity index (χ2v) is 7.65. The maximum Gasteiger partial charge on any atom is 0.237 e. The summed E-state index contributed by atoms with van der Waals surface area (Å²) in [6.07, 6.45) is 3.85. The molecule has 26 heavy (non-hydrogen) atoms. The van der Waals surface area contributed by atoms with Crippen molar-refractivity contribution in [2.45, 2.75) is 38.8 Å². The quantitative estimate of drug-likeness (QED) is 0.810. The predicted molar refractivity (Wildman–Crippen MR) is 108 cm³/mol. The molecule has 1 aromatic heterocycles. The molecule has 0 unspecified atom stereocenters. The largest absolute Gasteiger partial charge is 0.348 e. The fourth-order valence-corrected chi connectivity index (χ4v) is 4.12. The van der Waals surface area contributed by atoms with E-state index in [0.717, 1.165) is 44.2 Å². The van der Waals surface area contributed by atoms with Crippen molar-refractivity contribution in [1.29, 1.82) is 0 Å². The summed E-state index contributed by atoms with van der Waals surface area (Å²) in [5.74, 6) is 0.120. The molecule has 6 heteroatoms. The number of hydrogen-bond donors (Lipinski definition) is 1. The number of hydrogen-bond acceptors (Lipinski definition) is 5. The lowest BCUT2D eigenvalue weighted by Gasteiger charge is -2.37. The summed E-state index contributed by atoms with van der Waals surface area (Å²) in [4.78, 5) is 21.8. The van der Waals surface area contributed by atoms with Crippen molar-refractivity contribution >= 4 is 22.4 Å². The zero-order valence-electron chi connectivity index (χ0n) is 15.6. The first-order valence-corrected chi connectivity index (χ1v) is 10.3. The van der Waals surface area contributed by atoms with Crippen LogP contribution in [0.15, 0.2) is 41.9 Å². The van der Waals surface area contributed by atoms with Gasteiger partial charge in [-0.1, -0.05) is 43.7 Å². The molecule has 2 aromatic rings. The summed E-state index contributed by atoms with van der Waals surface area (Å²) in [6.45, 7) is 7.78. The number of nitrogens with one attached hydrogen (secondary N) is 1. The Bertz CT molecular complexity index is 668. The van der Waals surface area contributed by atoms with Crippen molar-refractivity contribution < 1.29 is 4.79 Å². The molecule has 1 aliphatic heterocycles. The third-order valence-electron chi connectivity index (χ3n) is 5.03. The van der Waals surface area contributed by atoms with Crippen molar-refractivity contribution in [1.82, 2.24) is 15.2 Å². The third kappa shape index (κ3) is 4.62. The van der Waals surface area contributed by atoms with E-state index in [9.17, 15) is 4.79 Å². The highest BCUT2D eigenvalue weighted by Gasteiger charge is 2.27. The van der Waals surface area contributed by atoms with Crippen LogP contribution in [0.25, 0.3) is 0 Å². The molecule has 0 aliphatic carbocycles. The van der Waals surface area contributed by atoms with Crippen LogP contribution in [0.2, 0.25) is 0 Å². The van der Waals surface area contributed by atoms with E-state index in [1.54, 1.807) is 11.3 Å². The zero-order chi connectivity index (χ0) is 18.4. The second-order valence-electron chi connectivity index (χ2n) is 6.77. The monoisotopic (exact) mass is 372 g/mol. The van der Waals surface area contributed by atoms with Crippen LogP contribution in [0.3, 0.4) is 0 Å². The normalized spacial score (nSPS) is 17.7. The molecule has 5 nitrogen and oxygen atoms in total. The minimum Gasteiger partial charge on any atom is -0.348 e. The highest BCUT2D eigenvalue weighted by atomic mass is 32.1. The van der Waals surface area contributed by atoms with Gasteiger partial charge in [0.05, 0.1) is 12.1 Å². The third-order valence-corrected chi connectivity index (χ3v) is 5.86. The lowest BCUT2D eigenvalue weighted by molar-refractivity contribution is -0.126. The summed E-state index contributed by atoms with van der Waals surface area (Å²) >= 11 is 1.67. The van der Waals surface area contributed by atoms with E-state index in [1.165, 1.54) is 5.56 Å². The molecule has 0 spiro atoms. The standard InChI is InChI=1S/C20H28N4OS/c1-3-7-18(17-8-5-4-6-9-17)22-19(25)16(2)23-11-13-24(14-12-23)20-21-10-15-26-20/h4-6,8-10,15-16,18H,3,7,11-14H2,1-2H3,(H,22,25)/t16-,18+/m1/s1. The Morgan fingerprint density at radius 1 is 1.23 bits per heavy atom. The molecule has 2 heterocycles. The molecule has 3 rings (SSSR count). The van der Waals surface area contributed by atoms with Gasteiger partial charge in [0, 0.05) is 37.8 Å². The molecular weight excluding hydrogens is 344 g/mol. The van der Waals surface area contributed by atoms with Crippen LogP contribution in [0.4, 0.5) is 5.13 Å². The van der Waals surface area contributed by atoms with Crippen molar-refractivity contribution in [2.75, 3.05) is 31.1 Å². The SMILES string of the molecule is CCC[C@H](NC(=O)[C@@H](C)N1CCN(c2nccs2)CC1)c1ccccc1. The molecule has 1 aromatic carbocycles. The van der Waals surface area contributed by atoms with E-state index in [2.05, 4.69) is 39.2 Å². The molecule has 1 saturated heterocycles. The zero-order valence-corrected chi connectivity index (χ0v) is 16.4. The molecule has 2 atom stereocenters. The second kappa shape index (κ2) is 9.14. The van der Waals surface area contributed by atoms with Crippen LogP contribution in [0.5, 0.6) is 0 Å². The summed E-state index contributed by atoms with van der Waals surface area (Å²) in [5, 5.41) is 6.35. The van der Waals surface area contributed by atoms with E-state index >= 15 is 0 Å². The highest BCUT2D eigenvalue weighted by Crippen LogP contribution is 2.21. The van der Waals surface area contributed by atoms with Gasteiger partial charge in [0.1, 0.15) is 0 Å². The van der Waals surface area contributed by atoms with Crippen LogP contribution in [0, 0.1) is 0 Å². The Kier molecular flexibility index (Phi) is 6.63. The minimum atomic E-state index is -0.114. The first kappa shape index (κ1) is 18.9. The Balaban J connectivity index is 1.55. The van der Waals surface area contributed by atoms with Crippen molar-refractivity contribution in [3.8, 4) is 0 Å². The number of aromatic nitrogens is 1.